The van der Waals surface area contributed by atoms with Crippen molar-refractivity contribution in [3.63, 3.8) is 0 Å². The van der Waals surface area contributed by atoms with Gasteiger partial charge in [-0.25, -0.2) is 4.39 Å². The minimum absolute atomic E-state index is 0.0469. The van der Waals surface area contributed by atoms with Gasteiger partial charge in [0.25, 0.3) is 0 Å². The standard InChI is InChI=1S/C21H21FN2O2/c1-26-16-4-2-3-14(11-16)7-10-23-20(25)21(8-9-21)18-13-24-19-12-15(22)5-6-17(18)19/h2-6,11-13,24H,7-10H2,1H3,(H,23,25). The summed E-state index contributed by atoms with van der Waals surface area (Å²) >= 11 is 0. The third-order valence-corrected chi connectivity index (χ3v) is 5.18. The molecule has 1 aliphatic rings. The zero-order valence-corrected chi connectivity index (χ0v) is 14.6. The van der Waals surface area contributed by atoms with E-state index in [-0.39, 0.29) is 11.7 Å². The molecule has 1 heterocycles. The summed E-state index contributed by atoms with van der Waals surface area (Å²) in [5.74, 6) is 0.586. The van der Waals surface area contributed by atoms with Gasteiger partial charge in [0.15, 0.2) is 0 Å². The normalized spacial score (nSPS) is 15.0. The predicted octanol–water partition coefficient (Wildman–Crippen LogP) is 3.71. The van der Waals surface area contributed by atoms with Crippen LogP contribution in [-0.2, 0) is 16.6 Å². The molecule has 0 atom stereocenters. The average Bonchev–Trinajstić information content (AvgIpc) is 3.36. The van der Waals surface area contributed by atoms with E-state index in [0.717, 1.165) is 47.0 Å². The van der Waals surface area contributed by atoms with Gasteiger partial charge in [-0.15, -0.1) is 0 Å². The van der Waals surface area contributed by atoms with Crippen LogP contribution in [0.1, 0.15) is 24.0 Å². The number of halogens is 1. The number of hydrogen-bond acceptors (Lipinski definition) is 2. The Kier molecular flexibility index (Phi) is 4.15. The van der Waals surface area contributed by atoms with Gasteiger partial charge in [-0.2, -0.15) is 0 Å². The maximum Gasteiger partial charge on any atom is 0.230 e. The van der Waals surface area contributed by atoms with Crippen LogP contribution in [0.2, 0.25) is 0 Å². The fourth-order valence-electron chi connectivity index (χ4n) is 3.56. The van der Waals surface area contributed by atoms with Crippen LogP contribution >= 0.6 is 0 Å². The molecule has 0 bridgehead atoms. The van der Waals surface area contributed by atoms with Crippen LogP contribution in [0.4, 0.5) is 4.39 Å². The number of benzene rings is 2. The number of carbonyl (C=O) groups excluding carboxylic acids is 1. The summed E-state index contributed by atoms with van der Waals surface area (Å²) < 4.78 is 18.6. The number of fused-ring (bicyclic) bond motifs is 1. The average molecular weight is 352 g/mol. The van der Waals surface area contributed by atoms with Gasteiger partial charge in [-0.05, 0) is 60.7 Å². The molecule has 26 heavy (non-hydrogen) atoms. The summed E-state index contributed by atoms with van der Waals surface area (Å²) in [6, 6.07) is 12.5. The summed E-state index contributed by atoms with van der Waals surface area (Å²) in [5.41, 5.74) is 2.34. The molecule has 1 aromatic heterocycles. The lowest BCUT2D eigenvalue weighted by Gasteiger charge is -2.15. The highest BCUT2D eigenvalue weighted by Gasteiger charge is 2.52. The van der Waals surface area contributed by atoms with Crippen molar-refractivity contribution < 1.29 is 13.9 Å². The summed E-state index contributed by atoms with van der Waals surface area (Å²) in [7, 11) is 1.64. The number of aromatic amines is 1. The van der Waals surface area contributed by atoms with Crippen molar-refractivity contribution >= 4 is 16.8 Å². The second kappa shape index (κ2) is 6.48. The first kappa shape index (κ1) is 16.6. The monoisotopic (exact) mass is 352 g/mol. The van der Waals surface area contributed by atoms with E-state index >= 15 is 0 Å². The number of aromatic nitrogens is 1. The number of rotatable bonds is 6. The SMILES string of the molecule is COc1cccc(CCNC(=O)C2(c3c[nH]c4cc(F)ccc34)CC2)c1. The van der Waals surface area contributed by atoms with Gasteiger partial charge in [0.2, 0.25) is 5.91 Å². The number of nitrogens with one attached hydrogen (secondary N) is 2. The molecule has 3 aromatic rings. The highest BCUT2D eigenvalue weighted by Crippen LogP contribution is 2.50. The van der Waals surface area contributed by atoms with E-state index in [9.17, 15) is 9.18 Å². The number of hydrogen-bond donors (Lipinski definition) is 2. The lowest BCUT2D eigenvalue weighted by molar-refractivity contribution is -0.123. The lowest BCUT2D eigenvalue weighted by Crippen LogP contribution is -2.35. The molecule has 1 amide bonds. The van der Waals surface area contributed by atoms with E-state index in [1.54, 1.807) is 13.2 Å². The van der Waals surface area contributed by atoms with E-state index < -0.39 is 5.41 Å². The van der Waals surface area contributed by atoms with Crippen molar-refractivity contribution in [2.24, 2.45) is 0 Å². The summed E-state index contributed by atoms with van der Waals surface area (Å²) in [6.45, 7) is 0.574. The fourth-order valence-corrected chi connectivity index (χ4v) is 3.56. The molecule has 0 saturated heterocycles. The Balaban J connectivity index is 1.45. The van der Waals surface area contributed by atoms with Crippen molar-refractivity contribution in [2.45, 2.75) is 24.7 Å². The van der Waals surface area contributed by atoms with E-state index in [0.29, 0.717) is 6.54 Å². The van der Waals surface area contributed by atoms with Gasteiger partial charge < -0.3 is 15.0 Å². The van der Waals surface area contributed by atoms with Gasteiger partial charge in [-0.3, -0.25) is 4.79 Å². The van der Waals surface area contributed by atoms with Crippen LogP contribution in [0.3, 0.4) is 0 Å². The molecular weight excluding hydrogens is 331 g/mol. The minimum atomic E-state index is -0.482. The van der Waals surface area contributed by atoms with Crippen LogP contribution in [0.25, 0.3) is 10.9 Å². The molecule has 4 nitrogen and oxygen atoms in total. The third kappa shape index (κ3) is 2.94. The number of methoxy groups -OCH3 is 1. The first-order valence-corrected chi connectivity index (χ1v) is 8.81. The van der Waals surface area contributed by atoms with E-state index in [1.165, 1.54) is 12.1 Å². The van der Waals surface area contributed by atoms with Crippen molar-refractivity contribution in [3.8, 4) is 5.75 Å². The maximum absolute atomic E-state index is 13.4. The molecular formula is C21H21FN2O2. The van der Waals surface area contributed by atoms with Crippen LogP contribution in [-0.4, -0.2) is 24.5 Å². The third-order valence-electron chi connectivity index (χ3n) is 5.18. The number of ether oxygens (including phenoxy) is 1. The van der Waals surface area contributed by atoms with E-state index in [4.69, 9.17) is 4.74 Å². The molecule has 0 unspecified atom stereocenters. The molecule has 0 spiro atoms. The second-order valence-electron chi connectivity index (χ2n) is 6.83. The minimum Gasteiger partial charge on any atom is -0.497 e. The summed E-state index contributed by atoms with van der Waals surface area (Å²) in [5, 5.41) is 3.99. The largest absolute Gasteiger partial charge is 0.497 e. The highest BCUT2D eigenvalue weighted by molar-refractivity contribution is 5.97. The highest BCUT2D eigenvalue weighted by atomic mass is 19.1. The maximum atomic E-state index is 13.4. The Morgan fingerprint density at radius 2 is 2.12 bits per heavy atom. The van der Waals surface area contributed by atoms with Gasteiger partial charge in [0, 0.05) is 23.6 Å². The summed E-state index contributed by atoms with van der Waals surface area (Å²) in [6.07, 6.45) is 4.24. The molecule has 1 aliphatic carbocycles. The molecule has 4 rings (SSSR count). The Morgan fingerprint density at radius 1 is 1.27 bits per heavy atom. The molecule has 1 fully saturated rings. The van der Waals surface area contributed by atoms with Crippen molar-refractivity contribution in [2.75, 3.05) is 13.7 Å². The second-order valence-corrected chi connectivity index (χ2v) is 6.83. The molecule has 5 heteroatoms. The fraction of sp³-hybridized carbons (Fsp3) is 0.286. The number of H-pyrrole nitrogens is 1. The first-order valence-electron chi connectivity index (χ1n) is 8.81. The van der Waals surface area contributed by atoms with Crippen LogP contribution < -0.4 is 10.1 Å². The van der Waals surface area contributed by atoms with Crippen molar-refractivity contribution in [1.82, 2.24) is 10.3 Å². The zero-order chi connectivity index (χ0) is 18.1. The molecule has 134 valence electrons. The topological polar surface area (TPSA) is 54.1 Å². The van der Waals surface area contributed by atoms with Crippen molar-refractivity contribution in [3.05, 3.63) is 65.6 Å². The van der Waals surface area contributed by atoms with Crippen molar-refractivity contribution in [1.29, 1.82) is 0 Å². The Labute approximate surface area is 151 Å². The smallest absolute Gasteiger partial charge is 0.230 e. The van der Waals surface area contributed by atoms with Gasteiger partial charge in [-0.1, -0.05) is 12.1 Å². The molecule has 2 aromatic carbocycles. The Morgan fingerprint density at radius 3 is 2.88 bits per heavy atom. The van der Waals surface area contributed by atoms with Crippen LogP contribution in [0.5, 0.6) is 5.75 Å². The molecule has 2 N–H and O–H groups in total. The predicted molar refractivity (Wildman–Crippen MR) is 98.9 cm³/mol. The van der Waals surface area contributed by atoms with E-state index in [1.807, 2.05) is 30.5 Å². The summed E-state index contributed by atoms with van der Waals surface area (Å²) in [4.78, 5) is 15.9. The Hall–Kier alpha value is -2.82. The van der Waals surface area contributed by atoms with E-state index in [2.05, 4.69) is 10.3 Å². The van der Waals surface area contributed by atoms with Gasteiger partial charge >= 0.3 is 0 Å². The zero-order valence-electron chi connectivity index (χ0n) is 14.6. The molecule has 1 saturated carbocycles. The molecule has 0 aliphatic heterocycles. The van der Waals surface area contributed by atoms with Crippen LogP contribution in [0.15, 0.2) is 48.7 Å². The Bertz CT molecular complexity index is 960. The first-order chi connectivity index (χ1) is 12.6. The quantitative estimate of drug-likeness (QED) is 0.711. The van der Waals surface area contributed by atoms with Gasteiger partial charge in [0.1, 0.15) is 11.6 Å². The number of amides is 1. The molecule has 0 radical (unpaired) electrons. The van der Waals surface area contributed by atoms with Gasteiger partial charge in [0.05, 0.1) is 12.5 Å². The van der Waals surface area contributed by atoms with Crippen LogP contribution in [0, 0.1) is 5.82 Å². The number of carbonyl (C=O) groups is 1. The lowest BCUT2D eigenvalue weighted by atomic mass is 9.94.